The van der Waals surface area contributed by atoms with Gasteiger partial charge in [0.1, 0.15) is 0 Å². The number of nitrogens with two attached hydrogens (primary N) is 1. The van der Waals surface area contributed by atoms with Gasteiger partial charge in [0.15, 0.2) is 0 Å². The van der Waals surface area contributed by atoms with Crippen LogP contribution in [0.3, 0.4) is 0 Å². The van der Waals surface area contributed by atoms with Crippen LogP contribution in [0.5, 0.6) is 0 Å². The third kappa shape index (κ3) is 2.18. The molecule has 0 aromatic carbocycles. The van der Waals surface area contributed by atoms with Crippen molar-refractivity contribution in [2.75, 3.05) is 0 Å². The quantitative estimate of drug-likeness (QED) is 0.411. The fraction of sp³-hybridized carbons (Fsp3) is 0.167. The first-order valence-electron chi connectivity index (χ1n) is 2.27. The van der Waals surface area contributed by atoms with E-state index < -0.39 is 5.91 Å². The molecule has 0 aliphatic heterocycles. The number of carbonyl (C=O) groups is 1. The summed E-state index contributed by atoms with van der Waals surface area (Å²) in [6, 6.07) is 0. The molecular weight excluding hydrogens is 102 g/mol. The molecular formula is C6H9NO. The van der Waals surface area contributed by atoms with Gasteiger partial charge in [0.2, 0.25) is 5.91 Å². The molecule has 0 spiro atoms. The van der Waals surface area contributed by atoms with E-state index in [2.05, 4.69) is 6.58 Å². The van der Waals surface area contributed by atoms with E-state index in [0.717, 1.165) is 0 Å². The first kappa shape index (κ1) is 6.95. The molecule has 0 rings (SSSR count). The molecule has 2 N–H and O–H groups in total. The molecule has 44 valence electrons. The second kappa shape index (κ2) is 3.02. The highest BCUT2D eigenvalue weighted by molar-refractivity contribution is 5.91. The van der Waals surface area contributed by atoms with Crippen molar-refractivity contribution < 1.29 is 4.79 Å². The Labute approximate surface area is 48.7 Å². The third-order valence-electron chi connectivity index (χ3n) is 0.757. The predicted octanol–water partition coefficient (Wildman–Crippen LogP) is 0.604. The van der Waals surface area contributed by atoms with E-state index >= 15 is 0 Å². The van der Waals surface area contributed by atoms with Crippen LogP contribution in [0.2, 0.25) is 0 Å². The lowest BCUT2D eigenvalue weighted by atomic mass is 10.3. The molecule has 0 bridgehead atoms. The maximum Gasteiger partial charge on any atom is 0.244 e. The number of hydrogen-bond acceptors (Lipinski definition) is 1. The summed E-state index contributed by atoms with van der Waals surface area (Å²) in [6.45, 7) is 5.04. The van der Waals surface area contributed by atoms with E-state index in [4.69, 9.17) is 5.73 Å². The topological polar surface area (TPSA) is 43.1 Å². The number of allylic oxidation sites excluding steroid dienone is 2. The van der Waals surface area contributed by atoms with Gasteiger partial charge in [0.05, 0.1) is 0 Å². The monoisotopic (exact) mass is 111 g/mol. The predicted molar refractivity (Wildman–Crippen MR) is 33.1 cm³/mol. The number of primary amides is 1. The van der Waals surface area contributed by atoms with Gasteiger partial charge in [-0.2, -0.15) is 0 Å². The SMILES string of the molecule is C=CC=C(C)C(N)=O. The molecule has 0 heterocycles. The molecule has 0 radical (unpaired) electrons. The highest BCUT2D eigenvalue weighted by Gasteiger charge is 1.91. The van der Waals surface area contributed by atoms with Crippen molar-refractivity contribution in [2.24, 2.45) is 5.73 Å². The Kier molecular flexibility index (Phi) is 2.62. The highest BCUT2D eigenvalue weighted by atomic mass is 16.1. The van der Waals surface area contributed by atoms with E-state index in [9.17, 15) is 4.79 Å². The van der Waals surface area contributed by atoms with Crippen LogP contribution in [0.15, 0.2) is 24.3 Å². The van der Waals surface area contributed by atoms with Crippen molar-refractivity contribution in [3.05, 3.63) is 24.3 Å². The molecule has 8 heavy (non-hydrogen) atoms. The summed E-state index contributed by atoms with van der Waals surface area (Å²) in [4.78, 5) is 10.2. The van der Waals surface area contributed by atoms with Crippen molar-refractivity contribution in [1.29, 1.82) is 0 Å². The first-order chi connectivity index (χ1) is 3.68. The molecule has 0 fully saturated rings. The van der Waals surface area contributed by atoms with Crippen molar-refractivity contribution >= 4 is 5.91 Å². The number of amides is 1. The lowest BCUT2D eigenvalue weighted by Crippen LogP contribution is -2.11. The van der Waals surface area contributed by atoms with Gasteiger partial charge in [0, 0.05) is 5.57 Å². The van der Waals surface area contributed by atoms with E-state index in [0.29, 0.717) is 5.57 Å². The largest absolute Gasteiger partial charge is 0.366 e. The Morgan fingerprint density at radius 3 is 2.38 bits per heavy atom. The Morgan fingerprint density at radius 1 is 1.75 bits per heavy atom. The summed E-state index contributed by atoms with van der Waals surface area (Å²) in [5, 5.41) is 0. The molecule has 1 amide bonds. The molecule has 2 heteroatoms. The fourth-order valence-electron chi connectivity index (χ4n) is 0.259. The van der Waals surface area contributed by atoms with Crippen LogP contribution in [0, 0.1) is 0 Å². The standard InChI is InChI=1S/C6H9NO/c1-3-4-5(2)6(7)8/h3-4H,1H2,2H3,(H2,7,8). The maximum absolute atomic E-state index is 10.2. The zero-order valence-electron chi connectivity index (χ0n) is 4.85. The molecule has 0 aliphatic rings. The van der Waals surface area contributed by atoms with Crippen LogP contribution in [-0.4, -0.2) is 5.91 Å². The van der Waals surface area contributed by atoms with Gasteiger partial charge in [-0.3, -0.25) is 4.79 Å². The van der Waals surface area contributed by atoms with E-state index in [1.54, 1.807) is 13.0 Å². The Balaban J connectivity index is 3.99. The smallest absolute Gasteiger partial charge is 0.244 e. The highest BCUT2D eigenvalue weighted by Crippen LogP contribution is 1.87. The fourth-order valence-corrected chi connectivity index (χ4v) is 0.259. The second-order valence-electron chi connectivity index (χ2n) is 1.45. The van der Waals surface area contributed by atoms with Gasteiger partial charge in [0.25, 0.3) is 0 Å². The zero-order chi connectivity index (χ0) is 6.57. The first-order valence-corrected chi connectivity index (χ1v) is 2.27. The van der Waals surface area contributed by atoms with Crippen LogP contribution >= 0.6 is 0 Å². The van der Waals surface area contributed by atoms with Crippen molar-refractivity contribution in [3.63, 3.8) is 0 Å². The van der Waals surface area contributed by atoms with Crippen LogP contribution in [0.25, 0.3) is 0 Å². The summed E-state index contributed by atoms with van der Waals surface area (Å²) < 4.78 is 0. The van der Waals surface area contributed by atoms with Crippen molar-refractivity contribution in [1.82, 2.24) is 0 Å². The third-order valence-corrected chi connectivity index (χ3v) is 0.757. The van der Waals surface area contributed by atoms with Gasteiger partial charge >= 0.3 is 0 Å². The minimum Gasteiger partial charge on any atom is -0.366 e. The van der Waals surface area contributed by atoms with Gasteiger partial charge in [-0.15, -0.1) is 0 Å². The molecule has 0 aromatic rings. The van der Waals surface area contributed by atoms with E-state index in [-0.39, 0.29) is 0 Å². The normalized spacial score (nSPS) is 10.9. The molecule has 2 nitrogen and oxygen atoms in total. The Morgan fingerprint density at radius 2 is 2.25 bits per heavy atom. The molecule has 0 atom stereocenters. The number of hydrogen-bond donors (Lipinski definition) is 1. The average molecular weight is 111 g/mol. The molecule has 0 saturated heterocycles. The minimum absolute atomic E-state index is 0.398. The van der Waals surface area contributed by atoms with Crippen LogP contribution < -0.4 is 5.73 Å². The average Bonchev–Trinajstić information content (AvgIpc) is 1.67. The summed E-state index contributed by atoms with van der Waals surface area (Å²) in [7, 11) is 0. The van der Waals surface area contributed by atoms with Crippen LogP contribution in [0.4, 0.5) is 0 Å². The number of carbonyl (C=O) groups excluding carboxylic acids is 1. The Hall–Kier alpha value is -1.05. The molecule has 0 aliphatic carbocycles. The maximum atomic E-state index is 10.2. The zero-order valence-corrected chi connectivity index (χ0v) is 4.85. The second-order valence-corrected chi connectivity index (χ2v) is 1.45. The van der Waals surface area contributed by atoms with Crippen molar-refractivity contribution in [2.45, 2.75) is 6.92 Å². The van der Waals surface area contributed by atoms with Crippen LogP contribution in [0.1, 0.15) is 6.92 Å². The molecule has 0 saturated carbocycles. The van der Waals surface area contributed by atoms with E-state index in [1.165, 1.54) is 6.08 Å². The van der Waals surface area contributed by atoms with Gasteiger partial charge in [-0.1, -0.05) is 18.7 Å². The van der Waals surface area contributed by atoms with Gasteiger partial charge in [-0.25, -0.2) is 0 Å². The van der Waals surface area contributed by atoms with Gasteiger partial charge < -0.3 is 5.73 Å². The Bertz CT molecular complexity index is 135. The van der Waals surface area contributed by atoms with E-state index in [1.807, 2.05) is 0 Å². The van der Waals surface area contributed by atoms with Crippen LogP contribution in [-0.2, 0) is 4.79 Å². The summed E-state index contributed by atoms with van der Waals surface area (Å²) >= 11 is 0. The lowest BCUT2D eigenvalue weighted by molar-refractivity contribution is -0.114. The summed E-state index contributed by atoms with van der Waals surface area (Å²) in [5.41, 5.74) is 5.39. The van der Waals surface area contributed by atoms with Crippen molar-refractivity contribution in [3.8, 4) is 0 Å². The summed E-state index contributed by atoms with van der Waals surface area (Å²) in [5.74, 6) is -0.398. The molecule has 0 unspecified atom stereocenters. The lowest BCUT2D eigenvalue weighted by Gasteiger charge is -1.86. The minimum atomic E-state index is -0.398. The molecule has 0 aromatic heterocycles. The summed E-state index contributed by atoms with van der Waals surface area (Å²) in [6.07, 6.45) is 3.10. The van der Waals surface area contributed by atoms with Gasteiger partial charge in [-0.05, 0) is 6.92 Å². The number of rotatable bonds is 2.